The van der Waals surface area contributed by atoms with Gasteiger partial charge >= 0.3 is 6.09 Å². The van der Waals surface area contributed by atoms with Gasteiger partial charge in [-0.3, -0.25) is 9.87 Å². The second-order valence-corrected chi connectivity index (χ2v) is 5.80. The fourth-order valence-electron chi connectivity index (χ4n) is 1.22. The minimum absolute atomic E-state index is 0.0711. The third-order valence-electron chi connectivity index (χ3n) is 2.03. The molecule has 10 heteroatoms. The van der Waals surface area contributed by atoms with Gasteiger partial charge in [0.05, 0.1) is 5.69 Å². The van der Waals surface area contributed by atoms with E-state index >= 15 is 0 Å². The summed E-state index contributed by atoms with van der Waals surface area (Å²) in [6.07, 6.45) is -0.957. The Morgan fingerprint density at radius 1 is 1.55 bits per heavy atom. The average Bonchev–Trinajstić information content (AvgIpc) is 2.29. The Hall–Kier alpha value is -1.55. The summed E-state index contributed by atoms with van der Waals surface area (Å²) in [7, 11) is -4.69. The van der Waals surface area contributed by atoms with Crippen molar-refractivity contribution in [3.63, 3.8) is 0 Å². The molecule has 1 aromatic rings. The summed E-state index contributed by atoms with van der Waals surface area (Å²) >= 11 is 5.64. The summed E-state index contributed by atoms with van der Waals surface area (Å²) in [5.41, 5.74) is 5.06. The molecule has 0 unspecified atom stereocenters. The number of anilines is 1. The molecule has 0 radical (unpaired) electrons. The number of hydrogen-bond acceptors (Lipinski definition) is 6. The molecular weight excluding hydrogens is 312 g/mol. The Bertz CT molecular complexity index is 616. The lowest BCUT2D eigenvalue weighted by Gasteiger charge is -2.11. The lowest BCUT2D eigenvalue weighted by atomic mass is 10.3. The lowest BCUT2D eigenvalue weighted by Crippen LogP contribution is -2.26. The van der Waals surface area contributed by atoms with Gasteiger partial charge in [-0.2, -0.15) is 8.42 Å². The number of carbonyl (C=O) groups excluding carboxylic acids is 1. The first-order valence-corrected chi connectivity index (χ1v) is 7.12. The number of phenols is 1. The van der Waals surface area contributed by atoms with Crippen LogP contribution in [0.4, 0.5) is 10.5 Å². The molecule has 0 aliphatic heterocycles. The van der Waals surface area contributed by atoms with Crippen LogP contribution < -0.4 is 11.1 Å². The number of halogens is 1. The van der Waals surface area contributed by atoms with Crippen molar-refractivity contribution in [3.05, 3.63) is 17.2 Å². The van der Waals surface area contributed by atoms with E-state index in [0.717, 1.165) is 12.1 Å². The van der Waals surface area contributed by atoms with E-state index in [1.165, 1.54) is 0 Å². The fraction of sp³-hybridized carbons (Fsp3) is 0.300. The van der Waals surface area contributed by atoms with Gasteiger partial charge < -0.3 is 15.6 Å². The van der Waals surface area contributed by atoms with Crippen molar-refractivity contribution in [2.75, 3.05) is 11.9 Å². The van der Waals surface area contributed by atoms with Crippen LogP contribution in [-0.4, -0.2) is 36.8 Å². The summed E-state index contributed by atoms with van der Waals surface area (Å²) in [6, 6.07) is 1.55. The van der Waals surface area contributed by atoms with E-state index < -0.39 is 26.9 Å². The average molecular weight is 325 g/mol. The smallest absolute Gasteiger partial charge is 0.411 e. The standard InChI is InChI=1S/C10H13ClN2O6S/c1-5(12)4-19-10(15)13-7-2-6(11)3-8(9(7)14)20(16,17)18/h2-3,5,14H,4,12H2,1H3,(H,13,15)(H,16,17,18)/t5-/m0/s1. The first kappa shape index (κ1) is 16.5. The summed E-state index contributed by atoms with van der Waals surface area (Å²) in [5, 5.41) is 11.7. The van der Waals surface area contributed by atoms with Gasteiger partial charge in [0.1, 0.15) is 11.5 Å². The van der Waals surface area contributed by atoms with E-state index in [1.807, 2.05) is 0 Å². The molecule has 0 fully saturated rings. The molecule has 0 spiro atoms. The number of phenolic OH excluding ortho intramolecular Hbond substituents is 1. The molecule has 0 aliphatic carbocycles. The zero-order valence-corrected chi connectivity index (χ0v) is 11.9. The van der Waals surface area contributed by atoms with Crippen LogP contribution in [0.1, 0.15) is 6.92 Å². The summed E-state index contributed by atoms with van der Waals surface area (Å²) in [4.78, 5) is 10.6. The zero-order chi connectivity index (χ0) is 15.5. The molecule has 5 N–H and O–H groups in total. The number of carbonyl (C=O) groups is 1. The first-order valence-electron chi connectivity index (χ1n) is 5.30. The maximum absolute atomic E-state index is 11.4. The van der Waals surface area contributed by atoms with E-state index in [1.54, 1.807) is 6.92 Å². The lowest BCUT2D eigenvalue weighted by molar-refractivity contribution is 0.156. The van der Waals surface area contributed by atoms with Crippen LogP contribution in [0.15, 0.2) is 17.0 Å². The Morgan fingerprint density at radius 3 is 2.65 bits per heavy atom. The van der Waals surface area contributed by atoms with Gasteiger partial charge in [0.25, 0.3) is 10.1 Å². The molecule has 112 valence electrons. The Labute approximate surface area is 120 Å². The zero-order valence-electron chi connectivity index (χ0n) is 10.3. The number of aromatic hydroxyl groups is 1. The van der Waals surface area contributed by atoms with Crippen molar-refractivity contribution in [2.45, 2.75) is 17.9 Å². The second-order valence-electron chi connectivity index (χ2n) is 3.98. The van der Waals surface area contributed by atoms with Crippen LogP contribution in [0, 0.1) is 0 Å². The van der Waals surface area contributed by atoms with E-state index in [9.17, 15) is 18.3 Å². The third kappa shape index (κ3) is 4.53. The summed E-state index contributed by atoms with van der Waals surface area (Å²) < 4.78 is 35.7. The van der Waals surface area contributed by atoms with Crippen LogP contribution in [-0.2, 0) is 14.9 Å². The largest absolute Gasteiger partial charge is 0.504 e. The van der Waals surface area contributed by atoms with Gasteiger partial charge in [0, 0.05) is 11.1 Å². The topological polar surface area (TPSA) is 139 Å². The van der Waals surface area contributed by atoms with Gasteiger partial charge in [-0.15, -0.1) is 0 Å². The van der Waals surface area contributed by atoms with Gasteiger partial charge in [-0.1, -0.05) is 11.6 Å². The summed E-state index contributed by atoms with van der Waals surface area (Å²) in [5.74, 6) is -0.852. The molecule has 0 bridgehead atoms. The van der Waals surface area contributed by atoms with Crippen molar-refractivity contribution in [1.29, 1.82) is 0 Å². The van der Waals surface area contributed by atoms with Crippen molar-refractivity contribution < 1.29 is 27.6 Å². The van der Waals surface area contributed by atoms with Crippen molar-refractivity contribution in [1.82, 2.24) is 0 Å². The number of hydrogen-bond donors (Lipinski definition) is 4. The molecule has 0 saturated heterocycles. The minimum Gasteiger partial charge on any atom is -0.504 e. The van der Waals surface area contributed by atoms with Crippen LogP contribution in [0.2, 0.25) is 5.02 Å². The van der Waals surface area contributed by atoms with E-state index in [-0.39, 0.29) is 23.4 Å². The van der Waals surface area contributed by atoms with Crippen molar-refractivity contribution in [3.8, 4) is 5.75 Å². The Kier molecular flexibility index (Phi) is 5.17. The number of nitrogens with one attached hydrogen (secondary N) is 1. The highest BCUT2D eigenvalue weighted by Crippen LogP contribution is 2.34. The Morgan fingerprint density at radius 2 is 2.15 bits per heavy atom. The molecule has 20 heavy (non-hydrogen) atoms. The van der Waals surface area contributed by atoms with Gasteiger partial charge in [0.15, 0.2) is 5.75 Å². The van der Waals surface area contributed by atoms with Crippen LogP contribution in [0.25, 0.3) is 0 Å². The van der Waals surface area contributed by atoms with Crippen molar-refractivity contribution >= 4 is 33.5 Å². The molecule has 8 nitrogen and oxygen atoms in total. The van der Waals surface area contributed by atoms with Gasteiger partial charge in [0.2, 0.25) is 0 Å². The predicted molar refractivity (Wildman–Crippen MR) is 71.6 cm³/mol. The number of amides is 1. The monoisotopic (exact) mass is 324 g/mol. The minimum atomic E-state index is -4.69. The van der Waals surface area contributed by atoms with Crippen LogP contribution in [0.3, 0.4) is 0 Å². The third-order valence-corrected chi connectivity index (χ3v) is 3.12. The Balaban J connectivity index is 3.02. The molecule has 0 aromatic heterocycles. The highest BCUT2D eigenvalue weighted by Gasteiger charge is 2.21. The maximum atomic E-state index is 11.4. The number of benzene rings is 1. The first-order chi connectivity index (χ1) is 9.11. The second kappa shape index (κ2) is 6.27. The molecule has 1 aromatic carbocycles. The maximum Gasteiger partial charge on any atom is 0.411 e. The van der Waals surface area contributed by atoms with Gasteiger partial charge in [-0.25, -0.2) is 4.79 Å². The SMILES string of the molecule is C[C@H](N)COC(=O)Nc1cc(Cl)cc(S(=O)(=O)O)c1O. The molecule has 1 rings (SSSR count). The normalized spacial score (nSPS) is 12.8. The number of nitrogens with two attached hydrogens (primary N) is 1. The number of rotatable bonds is 4. The van der Waals surface area contributed by atoms with Crippen LogP contribution in [0.5, 0.6) is 5.75 Å². The summed E-state index contributed by atoms with van der Waals surface area (Å²) in [6.45, 7) is 1.54. The van der Waals surface area contributed by atoms with Gasteiger partial charge in [-0.05, 0) is 19.1 Å². The fourth-order valence-corrected chi connectivity index (χ4v) is 2.13. The quantitative estimate of drug-likeness (QED) is 0.481. The van der Waals surface area contributed by atoms with Crippen molar-refractivity contribution in [2.24, 2.45) is 5.73 Å². The van der Waals surface area contributed by atoms with E-state index in [4.69, 9.17) is 21.9 Å². The number of ether oxygens (including phenoxy) is 1. The molecule has 1 amide bonds. The van der Waals surface area contributed by atoms with E-state index in [2.05, 4.69) is 10.1 Å². The molecule has 0 heterocycles. The highest BCUT2D eigenvalue weighted by molar-refractivity contribution is 7.86. The molecular formula is C10H13ClN2O6S. The van der Waals surface area contributed by atoms with E-state index in [0.29, 0.717) is 0 Å². The molecule has 1 atom stereocenters. The highest BCUT2D eigenvalue weighted by atomic mass is 35.5. The predicted octanol–water partition coefficient (Wildman–Crippen LogP) is 1.19. The molecule has 0 saturated carbocycles. The molecule has 0 aliphatic rings. The van der Waals surface area contributed by atoms with Crippen LogP contribution >= 0.6 is 11.6 Å².